The number of halogens is 1. The van der Waals surface area contributed by atoms with Gasteiger partial charge in [0, 0.05) is 22.7 Å². The molecule has 0 aromatic heterocycles. The molecule has 7 atom stereocenters. The van der Waals surface area contributed by atoms with Crippen LogP contribution in [0.3, 0.4) is 0 Å². The van der Waals surface area contributed by atoms with Gasteiger partial charge in [0.2, 0.25) is 0 Å². The molecular weight excluding hydrogens is 488 g/mol. The molecule has 4 heteroatoms. The molecule has 0 unspecified atom stereocenters. The lowest BCUT2D eigenvalue weighted by Gasteiger charge is -2.60. The van der Waals surface area contributed by atoms with Crippen molar-refractivity contribution in [3.8, 4) is 0 Å². The Bertz CT molecular complexity index is 985. The maximum atomic E-state index is 12.9. The normalized spacial score (nSPS) is 43.5. The SMILES string of the molecule is CC[C@]1(C(C)=O)CC[C@H]2[C@@H]3CC=C4C[C@](O)(OCc5ccc(Br)cc5)CC[C@]4(C)[C@H]3CC[C@@]21C. The minimum absolute atomic E-state index is 0.124. The summed E-state index contributed by atoms with van der Waals surface area (Å²) >= 11 is 3.48. The van der Waals surface area contributed by atoms with Gasteiger partial charge >= 0.3 is 0 Å². The van der Waals surface area contributed by atoms with E-state index >= 15 is 0 Å². The van der Waals surface area contributed by atoms with Crippen LogP contribution in [0.1, 0.15) is 91.0 Å². The van der Waals surface area contributed by atoms with Crippen molar-refractivity contribution in [3.63, 3.8) is 0 Å². The molecule has 186 valence electrons. The summed E-state index contributed by atoms with van der Waals surface area (Å²) in [6.07, 6.45) is 11.5. The van der Waals surface area contributed by atoms with Crippen LogP contribution in [0.25, 0.3) is 0 Å². The van der Waals surface area contributed by atoms with E-state index in [-0.39, 0.29) is 16.2 Å². The lowest BCUT2D eigenvalue weighted by atomic mass is 9.45. The molecule has 1 aromatic rings. The molecule has 1 aromatic carbocycles. The first kappa shape index (κ1) is 24.7. The van der Waals surface area contributed by atoms with E-state index in [9.17, 15) is 9.90 Å². The molecule has 0 heterocycles. The van der Waals surface area contributed by atoms with Crippen molar-refractivity contribution in [3.05, 3.63) is 46.0 Å². The van der Waals surface area contributed by atoms with Crippen molar-refractivity contribution >= 4 is 21.7 Å². The third-order valence-electron chi connectivity index (χ3n) is 11.2. The Morgan fingerprint density at radius 1 is 1.09 bits per heavy atom. The first-order valence-electron chi connectivity index (χ1n) is 13.4. The first-order chi connectivity index (χ1) is 16.1. The second-order valence-corrected chi connectivity index (χ2v) is 13.2. The van der Waals surface area contributed by atoms with Crippen LogP contribution in [0, 0.1) is 34.0 Å². The molecule has 4 aliphatic carbocycles. The molecular formula is C30H41BrO3. The summed E-state index contributed by atoms with van der Waals surface area (Å²) in [6, 6.07) is 8.12. The van der Waals surface area contributed by atoms with Crippen molar-refractivity contribution in [1.29, 1.82) is 0 Å². The number of hydrogen-bond acceptors (Lipinski definition) is 3. The highest BCUT2D eigenvalue weighted by Gasteiger charge is 2.65. The predicted octanol–water partition coefficient (Wildman–Crippen LogP) is 7.60. The summed E-state index contributed by atoms with van der Waals surface area (Å²) in [4.78, 5) is 12.9. The number of ether oxygens (including phenoxy) is 1. The van der Waals surface area contributed by atoms with Gasteiger partial charge in [0.25, 0.3) is 0 Å². The fourth-order valence-electron chi connectivity index (χ4n) is 9.08. The molecule has 1 N–H and O–H groups in total. The standard InChI is InChI=1S/C30H41BrO3/c1-5-29(20(2)32)15-13-26-24-11-8-22-18-30(33,34-19-21-6-9-23(31)10-7-21)17-16-27(22,3)25(24)12-14-28(26,29)4/h6-10,24-26,33H,5,11-19H2,1-4H3/t24-,25+,26+,27+,28+,29-,30-/m1/s1. The van der Waals surface area contributed by atoms with Gasteiger partial charge in [0.1, 0.15) is 5.78 Å². The number of aliphatic hydroxyl groups is 1. The largest absolute Gasteiger partial charge is 0.365 e. The maximum absolute atomic E-state index is 12.9. The molecule has 34 heavy (non-hydrogen) atoms. The van der Waals surface area contributed by atoms with E-state index in [4.69, 9.17) is 4.74 Å². The van der Waals surface area contributed by atoms with Gasteiger partial charge in [0.05, 0.1) is 6.61 Å². The molecule has 0 amide bonds. The van der Waals surface area contributed by atoms with Crippen molar-refractivity contribution in [2.45, 2.75) is 97.9 Å². The number of Topliss-reactive ketones (excluding diaryl/α,β-unsaturated/α-hetero) is 1. The summed E-state index contributed by atoms with van der Waals surface area (Å²) in [6.45, 7) is 9.42. The van der Waals surface area contributed by atoms with E-state index in [0.717, 1.165) is 35.7 Å². The zero-order valence-electron chi connectivity index (χ0n) is 21.3. The lowest BCUT2D eigenvalue weighted by molar-refractivity contribution is -0.231. The van der Waals surface area contributed by atoms with Crippen LogP contribution < -0.4 is 0 Å². The highest BCUT2D eigenvalue weighted by Crippen LogP contribution is 2.70. The topological polar surface area (TPSA) is 46.5 Å². The monoisotopic (exact) mass is 528 g/mol. The highest BCUT2D eigenvalue weighted by atomic mass is 79.9. The van der Waals surface area contributed by atoms with Crippen molar-refractivity contribution in [2.24, 2.45) is 34.0 Å². The minimum Gasteiger partial charge on any atom is -0.365 e. The molecule has 5 rings (SSSR count). The van der Waals surface area contributed by atoms with Crippen LogP contribution in [-0.4, -0.2) is 16.7 Å². The number of hydrogen-bond donors (Lipinski definition) is 1. The Hall–Kier alpha value is -0.970. The van der Waals surface area contributed by atoms with Crippen molar-refractivity contribution in [1.82, 2.24) is 0 Å². The quantitative estimate of drug-likeness (QED) is 0.316. The van der Waals surface area contributed by atoms with Crippen LogP contribution in [0.15, 0.2) is 40.4 Å². The number of benzene rings is 1. The Balaban J connectivity index is 1.35. The molecule has 3 nitrogen and oxygen atoms in total. The number of allylic oxidation sites excluding steroid dienone is 1. The van der Waals surface area contributed by atoms with Gasteiger partial charge in [-0.3, -0.25) is 4.79 Å². The maximum Gasteiger partial charge on any atom is 0.169 e. The first-order valence-corrected chi connectivity index (χ1v) is 14.2. The average Bonchev–Trinajstić information content (AvgIpc) is 3.13. The van der Waals surface area contributed by atoms with E-state index in [1.54, 1.807) is 0 Å². The zero-order valence-corrected chi connectivity index (χ0v) is 22.9. The Kier molecular flexibility index (Phi) is 6.22. The number of fused-ring (bicyclic) bond motifs is 5. The number of rotatable bonds is 5. The summed E-state index contributed by atoms with van der Waals surface area (Å²) in [7, 11) is 0. The molecule has 3 saturated carbocycles. The molecule has 0 radical (unpaired) electrons. The second-order valence-electron chi connectivity index (χ2n) is 12.3. The van der Waals surface area contributed by atoms with Crippen LogP contribution >= 0.6 is 15.9 Å². The van der Waals surface area contributed by atoms with Gasteiger partial charge in [-0.05, 0) is 98.1 Å². The molecule has 4 aliphatic rings. The molecule has 0 aliphatic heterocycles. The number of carbonyl (C=O) groups excluding carboxylic acids is 1. The summed E-state index contributed by atoms with van der Waals surface area (Å²) in [5.74, 6) is 1.30. The molecule has 0 saturated heterocycles. The van der Waals surface area contributed by atoms with E-state index in [0.29, 0.717) is 43.0 Å². The third-order valence-corrected chi connectivity index (χ3v) is 11.7. The third kappa shape index (κ3) is 3.61. The van der Waals surface area contributed by atoms with E-state index in [2.05, 4.69) is 42.8 Å². The van der Waals surface area contributed by atoms with Gasteiger partial charge in [-0.2, -0.15) is 0 Å². The van der Waals surface area contributed by atoms with E-state index < -0.39 is 5.79 Å². The average molecular weight is 530 g/mol. The van der Waals surface area contributed by atoms with Crippen LogP contribution in [0.5, 0.6) is 0 Å². The van der Waals surface area contributed by atoms with E-state index in [1.807, 2.05) is 31.2 Å². The van der Waals surface area contributed by atoms with Crippen LogP contribution in [0.2, 0.25) is 0 Å². The van der Waals surface area contributed by atoms with Crippen LogP contribution in [-0.2, 0) is 16.1 Å². The van der Waals surface area contributed by atoms with Gasteiger partial charge in [-0.1, -0.05) is 60.5 Å². The fourth-order valence-corrected chi connectivity index (χ4v) is 9.35. The zero-order chi connectivity index (χ0) is 24.4. The van der Waals surface area contributed by atoms with Gasteiger partial charge in [-0.15, -0.1) is 0 Å². The minimum atomic E-state index is -1.08. The molecule has 0 spiro atoms. The van der Waals surface area contributed by atoms with Gasteiger partial charge < -0.3 is 9.84 Å². The second kappa shape index (κ2) is 8.56. The van der Waals surface area contributed by atoms with Crippen LogP contribution in [0.4, 0.5) is 0 Å². The summed E-state index contributed by atoms with van der Waals surface area (Å²) in [5.41, 5.74) is 2.65. The Labute approximate surface area is 213 Å². The van der Waals surface area contributed by atoms with E-state index in [1.165, 1.54) is 24.8 Å². The highest BCUT2D eigenvalue weighted by molar-refractivity contribution is 9.10. The predicted molar refractivity (Wildman–Crippen MR) is 139 cm³/mol. The molecule has 3 fully saturated rings. The van der Waals surface area contributed by atoms with Gasteiger partial charge in [-0.25, -0.2) is 0 Å². The van der Waals surface area contributed by atoms with Crippen molar-refractivity contribution < 1.29 is 14.6 Å². The lowest BCUT2D eigenvalue weighted by Crippen LogP contribution is -2.55. The summed E-state index contributed by atoms with van der Waals surface area (Å²) < 4.78 is 7.19. The molecule has 0 bridgehead atoms. The Morgan fingerprint density at radius 2 is 1.79 bits per heavy atom. The number of carbonyl (C=O) groups is 1. The fraction of sp³-hybridized carbons (Fsp3) is 0.700. The van der Waals surface area contributed by atoms with Crippen molar-refractivity contribution in [2.75, 3.05) is 0 Å². The Morgan fingerprint density at radius 3 is 2.47 bits per heavy atom. The smallest absolute Gasteiger partial charge is 0.169 e. The van der Waals surface area contributed by atoms with Gasteiger partial charge in [0.15, 0.2) is 5.79 Å². The summed E-state index contributed by atoms with van der Waals surface area (Å²) in [5, 5.41) is 11.4. The number of ketones is 1.